The predicted octanol–water partition coefficient (Wildman–Crippen LogP) is 2.17. The van der Waals surface area contributed by atoms with E-state index in [9.17, 15) is 14.8 Å². The number of nitrogens with zero attached hydrogens (tertiary/aromatic N) is 4. The molecule has 0 saturated carbocycles. The van der Waals surface area contributed by atoms with Crippen molar-refractivity contribution in [2.24, 2.45) is 5.92 Å². The molecule has 0 saturated heterocycles. The van der Waals surface area contributed by atoms with E-state index in [1.807, 2.05) is 0 Å². The third-order valence-corrected chi connectivity index (χ3v) is 4.00. The summed E-state index contributed by atoms with van der Waals surface area (Å²) in [4.78, 5) is 27.2. The van der Waals surface area contributed by atoms with Gasteiger partial charge in [-0.1, -0.05) is 37.8 Å². The lowest BCUT2D eigenvalue weighted by atomic mass is 10.0. The summed E-state index contributed by atoms with van der Waals surface area (Å²) in [5.74, 6) is -0.833. The highest BCUT2D eigenvalue weighted by molar-refractivity contribution is 6.31. The van der Waals surface area contributed by atoms with Gasteiger partial charge in [-0.05, 0) is 24.6 Å². The molecule has 2 rings (SSSR count). The minimum absolute atomic E-state index is 0.0901. The highest BCUT2D eigenvalue weighted by atomic mass is 35.5. The molecule has 3 N–H and O–H groups in total. The number of benzene rings is 1. The van der Waals surface area contributed by atoms with Crippen LogP contribution in [0.2, 0.25) is 5.02 Å². The van der Waals surface area contributed by atoms with Crippen molar-refractivity contribution in [1.82, 2.24) is 25.7 Å². The van der Waals surface area contributed by atoms with E-state index in [1.54, 1.807) is 18.2 Å². The summed E-state index contributed by atoms with van der Waals surface area (Å²) in [6, 6.07) is 5.02. The number of nitrogens with one attached hydrogen (secondary N) is 2. The minimum Gasteiger partial charge on any atom is -0.286 e. The molecule has 1 aromatic heterocycles. The van der Waals surface area contributed by atoms with Gasteiger partial charge >= 0.3 is 0 Å². The number of halogens is 1. The van der Waals surface area contributed by atoms with Gasteiger partial charge in [-0.3, -0.25) is 25.6 Å². The summed E-state index contributed by atoms with van der Waals surface area (Å²) in [6.07, 6.45) is 3.59. The molecular weight excluding hydrogens is 360 g/mol. The number of hydrazine groups is 1. The Balaban J connectivity index is 1.99. The zero-order valence-corrected chi connectivity index (χ0v) is 15.1. The maximum absolute atomic E-state index is 12.4. The number of anilines is 1. The van der Waals surface area contributed by atoms with Gasteiger partial charge < -0.3 is 0 Å². The molecule has 1 heterocycles. The van der Waals surface area contributed by atoms with Crippen molar-refractivity contribution in [3.05, 3.63) is 23.2 Å². The van der Waals surface area contributed by atoms with Crippen molar-refractivity contribution in [2.75, 3.05) is 12.0 Å². The topological polar surface area (TPSA) is 120 Å². The molecule has 2 aromatic rings. The number of hydroxylamine groups is 2. The van der Waals surface area contributed by atoms with E-state index in [0.717, 1.165) is 19.3 Å². The number of hydrogen-bond acceptors (Lipinski definition) is 7. The van der Waals surface area contributed by atoms with Crippen LogP contribution in [-0.2, 0) is 9.59 Å². The number of rotatable bonds is 10. The van der Waals surface area contributed by atoms with Gasteiger partial charge in [0.1, 0.15) is 5.52 Å². The SMILES string of the molecule is CCCCC[C@H](CN(O)C=O)C(=O)NNc1nnc2ccc(Cl)cc2n1. The molecule has 0 bridgehead atoms. The molecular formula is C16H21ClN6O3. The second-order valence-corrected chi connectivity index (χ2v) is 6.24. The first kappa shape index (κ1) is 19.8. The van der Waals surface area contributed by atoms with Crippen molar-refractivity contribution in [2.45, 2.75) is 32.6 Å². The number of hydrogen-bond donors (Lipinski definition) is 3. The number of amides is 2. The fraction of sp³-hybridized carbons (Fsp3) is 0.438. The largest absolute Gasteiger partial charge is 0.286 e. The second-order valence-electron chi connectivity index (χ2n) is 5.80. The van der Waals surface area contributed by atoms with Crippen LogP contribution in [0.4, 0.5) is 5.95 Å². The van der Waals surface area contributed by atoms with Gasteiger partial charge in [0, 0.05) is 5.02 Å². The van der Waals surface area contributed by atoms with Crippen LogP contribution in [0.15, 0.2) is 18.2 Å². The van der Waals surface area contributed by atoms with Crippen LogP contribution in [0.1, 0.15) is 32.6 Å². The molecule has 0 unspecified atom stereocenters. The lowest BCUT2D eigenvalue weighted by Gasteiger charge is -2.19. The summed E-state index contributed by atoms with van der Waals surface area (Å²) in [6.45, 7) is 1.96. The van der Waals surface area contributed by atoms with E-state index in [1.165, 1.54) is 0 Å². The maximum Gasteiger partial charge on any atom is 0.262 e. The Kier molecular flexibility index (Phi) is 7.49. The number of carbonyl (C=O) groups excluding carboxylic acids is 2. The maximum atomic E-state index is 12.4. The number of aromatic nitrogens is 3. The number of carbonyl (C=O) groups is 2. The Bertz CT molecular complexity index is 760. The highest BCUT2D eigenvalue weighted by Crippen LogP contribution is 2.16. The van der Waals surface area contributed by atoms with Crippen molar-refractivity contribution < 1.29 is 14.8 Å². The molecule has 2 amide bonds. The molecule has 0 aliphatic heterocycles. The molecule has 0 fully saturated rings. The first-order valence-corrected chi connectivity index (χ1v) is 8.68. The molecule has 26 heavy (non-hydrogen) atoms. The van der Waals surface area contributed by atoms with Crippen molar-refractivity contribution in [3.8, 4) is 0 Å². The summed E-state index contributed by atoms with van der Waals surface area (Å²) < 4.78 is 0. The van der Waals surface area contributed by atoms with E-state index in [0.29, 0.717) is 27.5 Å². The quantitative estimate of drug-likeness (QED) is 0.250. The molecule has 0 radical (unpaired) electrons. The number of fused-ring (bicyclic) bond motifs is 1. The average molecular weight is 381 g/mol. The molecule has 0 aliphatic carbocycles. The predicted molar refractivity (Wildman–Crippen MR) is 96.3 cm³/mol. The van der Waals surface area contributed by atoms with Gasteiger partial charge in [0.05, 0.1) is 18.0 Å². The van der Waals surface area contributed by atoms with E-state index >= 15 is 0 Å². The van der Waals surface area contributed by atoms with E-state index < -0.39 is 5.92 Å². The Morgan fingerprint density at radius 1 is 1.35 bits per heavy atom. The minimum atomic E-state index is -0.563. The monoisotopic (exact) mass is 380 g/mol. The van der Waals surface area contributed by atoms with Crippen LogP contribution in [0.5, 0.6) is 0 Å². The first-order valence-electron chi connectivity index (χ1n) is 8.30. The molecule has 0 spiro atoms. The Morgan fingerprint density at radius 3 is 2.88 bits per heavy atom. The molecule has 0 aliphatic rings. The number of unbranched alkanes of at least 4 members (excludes halogenated alkanes) is 2. The molecule has 140 valence electrons. The van der Waals surface area contributed by atoms with E-state index in [2.05, 4.69) is 33.0 Å². The van der Waals surface area contributed by atoms with Gasteiger partial charge in [-0.15, -0.1) is 10.2 Å². The second kappa shape index (κ2) is 9.83. The van der Waals surface area contributed by atoms with E-state index in [-0.39, 0.29) is 24.8 Å². The molecule has 1 atom stereocenters. The van der Waals surface area contributed by atoms with Crippen LogP contribution >= 0.6 is 11.6 Å². The fourth-order valence-electron chi connectivity index (χ4n) is 2.40. The van der Waals surface area contributed by atoms with Crippen molar-refractivity contribution >= 4 is 40.9 Å². The van der Waals surface area contributed by atoms with Crippen LogP contribution in [-0.4, -0.2) is 44.3 Å². The van der Waals surface area contributed by atoms with Crippen molar-refractivity contribution in [3.63, 3.8) is 0 Å². The van der Waals surface area contributed by atoms with Crippen molar-refractivity contribution in [1.29, 1.82) is 0 Å². The fourth-order valence-corrected chi connectivity index (χ4v) is 2.56. The third kappa shape index (κ3) is 5.78. The van der Waals surface area contributed by atoms with E-state index in [4.69, 9.17) is 11.6 Å². The third-order valence-electron chi connectivity index (χ3n) is 3.77. The summed E-state index contributed by atoms with van der Waals surface area (Å²) in [5, 5.41) is 18.2. The van der Waals surface area contributed by atoms with Crippen LogP contribution in [0, 0.1) is 5.92 Å². The molecule has 1 aromatic carbocycles. The van der Waals surface area contributed by atoms with Gasteiger partial charge in [0.25, 0.3) is 5.95 Å². The average Bonchev–Trinajstić information content (AvgIpc) is 2.64. The summed E-state index contributed by atoms with van der Waals surface area (Å²) in [7, 11) is 0. The molecule has 9 nitrogen and oxygen atoms in total. The Labute approximate surface area is 155 Å². The lowest BCUT2D eigenvalue weighted by Crippen LogP contribution is -2.40. The van der Waals surface area contributed by atoms with Gasteiger partial charge in [-0.2, -0.15) is 0 Å². The first-order chi connectivity index (χ1) is 12.5. The van der Waals surface area contributed by atoms with Crippen LogP contribution in [0.3, 0.4) is 0 Å². The summed E-state index contributed by atoms with van der Waals surface area (Å²) in [5.41, 5.74) is 6.20. The van der Waals surface area contributed by atoms with Gasteiger partial charge in [0.15, 0.2) is 0 Å². The van der Waals surface area contributed by atoms with Gasteiger partial charge in [0.2, 0.25) is 12.3 Å². The summed E-state index contributed by atoms with van der Waals surface area (Å²) >= 11 is 5.93. The Morgan fingerprint density at radius 2 is 2.15 bits per heavy atom. The normalized spacial score (nSPS) is 11.8. The Hall–Kier alpha value is -2.52. The van der Waals surface area contributed by atoms with Crippen LogP contribution in [0.25, 0.3) is 11.0 Å². The smallest absolute Gasteiger partial charge is 0.262 e. The lowest BCUT2D eigenvalue weighted by molar-refractivity contribution is -0.154. The highest BCUT2D eigenvalue weighted by Gasteiger charge is 2.20. The molecule has 10 heteroatoms. The zero-order valence-electron chi connectivity index (χ0n) is 14.4. The zero-order chi connectivity index (χ0) is 18.9. The van der Waals surface area contributed by atoms with Gasteiger partial charge in [-0.25, -0.2) is 10.0 Å². The standard InChI is InChI=1S/C16H21ClN6O3/c1-2-3-4-5-11(9-23(26)10-24)15(25)20-22-16-18-14-8-12(17)6-7-13(14)19-21-16/h6-8,10-11,26H,2-5,9H2,1H3,(H,20,25)(H,18,21,22)/t11-/m1/s1. The van der Waals surface area contributed by atoms with Crippen LogP contribution < -0.4 is 10.9 Å².